The summed E-state index contributed by atoms with van der Waals surface area (Å²) in [5, 5.41) is 2.62. The first kappa shape index (κ1) is 15.9. The smallest absolute Gasteiger partial charge is 0.252 e. The molecule has 112 valence electrons. The summed E-state index contributed by atoms with van der Waals surface area (Å²) in [6.07, 6.45) is 1.15. The van der Waals surface area contributed by atoms with Gasteiger partial charge in [-0.25, -0.2) is 18.1 Å². The summed E-state index contributed by atoms with van der Waals surface area (Å²) < 4.78 is 26.0. The average molecular weight is 346 g/mol. The lowest BCUT2D eigenvalue weighted by atomic mass is 10.2. The molecule has 0 unspecified atom stereocenters. The highest BCUT2D eigenvalue weighted by molar-refractivity contribution is 7.91. The number of aromatic nitrogens is 1. The summed E-state index contributed by atoms with van der Waals surface area (Å²) in [7, 11) is -3.76. The van der Waals surface area contributed by atoms with E-state index in [0.29, 0.717) is 6.54 Å². The van der Waals surface area contributed by atoms with Gasteiger partial charge < -0.3 is 5.32 Å². The fourth-order valence-electron chi connectivity index (χ4n) is 1.45. The molecule has 2 aromatic rings. The molecule has 6 nitrogen and oxygen atoms in total. The topological polar surface area (TPSA) is 88.2 Å². The average Bonchev–Trinajstić information content (AvgIpc) is 2.92. The molecule has 9 heteroatoms. The minimum Gasteiger partial charge on any atom is -0.351 e. The highest BCUT2D eigenvalue weighted by Crippen LogP contribution is 2.21. The number of carbonyl (C=O) groups is 1. The Bertz CT molecular complexity index is 716. The molecule has 0 saturated carbocycles. The number of carbonyl (C=O) groups excluding carboxylic acids is 1. The number of hydrogen-bond donors (Lipinski definition) is 2. The van der Waals surface area contributed by atoms with Crippen LogP contribution in [-0.4, -0.2) is 25.9 Å². The monoisotopic (exact) mass is 345 g/mol. The molecule has 0 saturated heterocycles. The number of benzene rings is 1. The Morgan fingerprint density at radius 2 is 2.00 bits per heavy atom. The van der Waals surface area contributed by atoms with Gasteiger partial charge in [0.2, 0.25) is 5.91 Å². The number of thiazole rings is 1. The van der Waals surface area contributed by atoms with Gasteiger partial charge in [0.25, 0.3) is 10.0 Å². The Hall–Kier alpha value is -1.48. The van der Waals surface area contributed by atoms with E-state index in [4.69, 9.17) is 11.6 Å². The maximum Gasteiger partial charge on any atom is 0.252 e. The number of nitrogens with zero attached hydrogens (tertiary/aromatic N) is 1. The van der Waals surface area contributed by atoms with Crippen LogP contribution < -0.4 is 10.0 Å². The number of sulfonamides is 1. The SMILES string of the molecule is O=C(CNS(=O)(=O)c1cnc(Cl)s1)NCc1ccccc1. The number of nitrogens with one attached hydrogen (secondary N) is 2. The van der Waals surface area contributed by atoms with Gasteiger partial charge in [0.15, 0.2) is 8.68 Å². The zero-order valence-corrected chi connectivity index (χ0v) is 13.1. The van der Waals surface area contributed by atoms with Crippen LogP contribution in [0.3, 0.4) is 0 Å². The Morgan fingerprint density at radius 3 is 2.62 bits per heavy atom. The van der Waals surface area contributed by atoms with Gasteiger partial charge in [-0.1, -0.05) is 53.3 Å². The van der Waals surface area contributed by atoms with Crippen LogP contribution in [0.4, 0.5) is 0 Å². The quantitative estimate of drug-likeness (QED) is 0.828. The summed E-state index contributed by atoms with van der Waals surface area (Å²) in [6, 6.07) is 9.32. The van der Waals surface area contributed by atoms with Crippen molar-refractivity contribution in [2.45, 2.75) is 10.8 Å². The van der Waals surface area contributed by atoms with E-state index < -0.39 is 15.9 Å². The second-order valence-corrected chi connectivity index (χ2v) is 7.63. The van der Waals surface area contributed by atoms with E-state index in [0.717, 1.165) is 23.1 Å². The molecule has 0 aliphatic carbocycles. The van der Waals surface area contributed by atoms with Crippen molar-refractivity contribution >= 4 is 38.9 Å². The van der Waals surface area contributed by atoms with Crippen LogP contribution in [0, 0.1) is 0 Å². The van der Waals surface area contributed by atoms with Crippen molar-refractivity contribution in [2.24, 2.45) is 0 Å². The van der Waals surface area contributed by atoms with E-state index in [1.807, 2.05) is 30.3 Å². The van der Waals surface area contributed by atoms with Crippen LogP contribution in [0.15, 0.2) is 40.7 Å². The van der Waals surface area contributed by atoms with Crippen molar-refractivity contribution in [2.75, 3.05) is 6.54 Å². The Morgan fingerprint density at radius 1 is 1.29 bits per heavy atom. The van der Waals surface area contributed by atoms with Crippen LogP contribution in [0.5, 0.6) is 0 Å². The zero-order chi connectivity index (χ0) is 15.3. The second kappa shape index (κ2) is 6.99. The maximum atomic E-state index is 11.8. The molecule has 0 fully saturated rings. The van der Waals surface area contributed by atoms with E-state index in [2.05, 4.69) is 15.0 Å². The third kappa shape index (κ3) is 4.78. The van der Waals surface area contributed by atoms with Gasteiger partial charge in [0.1, 0.15) is 0 Å². The van der Waals surface area contributed by atoms with E-state index >= 15 is 0 Å². The van der Waals surface area contributed by atoms with Crippen LogP contribution in [0.1, 0.15) is 5.56 Å². The van der Waals surface area contributed by atoms with Crippen molar-refractivity contribution < 1.29 is 13.2 Å². The molecule has 0 bridgehead atoms. The molecular formula is C12H12ClN3O3S2. The first-order valence-corrected chi connectivity index (χ1v) is 8.57. The highest BCUT2D eigenvalue weighted by Gasteiger charge is 2.18. The van der Waals surface area contributed by atoms with Crippen molar-refractivity contribution in [3.8, 4) is 0 Å². The van der Waals surface area contributed by atoms with Gasteiger partial charge in [0, 0.05) is 6.54 Å². The molecule has 2 N–H and O–H groups in total. The lowest BCUT2D eigenvalue weighted by Crippen LogP contribution is -2.36. The van der Waals surface area contributed by atoms with Crippen LogP contribution in [-0.2, 0) is 21.4 Å². The van der Waals surface area contributed by atoms with Gasteiger partial charge in [-0.15, -0.1) is 0 Å². The molecule has 1 aromatic heterocycles. The van der Waals surface area contributed by atoms with E-state index in [9.17, 15) is 13.2 Å². The largest absolute Gasteiger partial charge is 0.351 e. The van der Waals surface area contributed by atoms with Gasteiger partial charge in [-0.05, 0) is 5.56 Å². The summed E-state index contributed by atoms with van der Waals surface area (Å²) >= 11 is 6.41. The predicted octanol–water partition coefficient (Wildman–Crippen LogP) is 1.39. The molecule has 1 aromatic carbocycles. The van der Waals surface area contributed by atoms with Crippen molar-refractivity contribution in [1.29, 1.82) is 0 Å². The third-order valence-corrected chi connectivity index (χ3v) is 5.45. The fraction of sp³-hybridized carbons (Fsp3) is 0.167. The first-order valence-electron chi connectivity index (χ1n) is 5.89. The lowest BCUT2D eigenvalue weighted by Gasteiger charge is -2.06. The molecule has 0 atom stereocenters. The Kier molecular flexibility index (Phi) is 5.29. The summed E-state index contributed by atoms with van der Waals surface area (Å²) in [5.74, 6) is -0.418. The predicted molar refractivity (Wildman–Crippen MR) is 80.6 cm³/mol. The number of halogens is 1. The van der Waals surface area contributed by atoms with Crippen molar-refractivity contribution in [1.82, 2.24) is 15.0 Å². The van der Waals surface area contributed by atoms with E-state index in [-0.39, 0.29) is 15.2 Å². The lowest BCUT2D eigenvalue weighted by molar-refractivity contribution is -0.120. The molecule has 0 aliphatic heterocycles. The highest BCUT2D eigenvalue weighted by atomic mass is 35.5. The standard InChI is InChI=1S/C12H12ClN3O3S2/c13-12-15-8-11(20-12)21(18,19)16-7-10(17)14-6-9-4-2-1-3-5-9/h1-5,8,16H,6-7H2,(H,14,17). The van der Waals surface area contributed by atoms with E-state index in [1.54, 1.807) is 0 Å². The maximum absolute atomic E-state index is 11.8. The minimum atomic E-state index is -3.76. The molecule has 0 radical (unpaired) electrons. The van der Waals surface area contributed by atoms with Crippen LogP contribution in [0.25, 0.3) is 0 Å². The number of amides is 1. The van der Waals surface area contributed by atoms with Crippen LogP contribution in [0.2, 0.25) is 4.47 Å². The second-order valence-electron chi connectivity index (χ2n) is 4.02. The molecule has 0 aliphatic rings. The molecule has 2 rings (SSSR count). The summed E-state index contributed by atoms with van der Waals surface area (Å²) in [6.45, 7) is -0.00152. The summed E-state index contributed by atoms with van der Waals surface area (Å²) in [5.41, 5.74) is 0.933. The van der Waals surface area contributed by atoms with Gasteiger partial charge in [0.05, 0.1) is 12.7 Å². The Labute approximate surface area is 131 Å². The molecule has 21 heavy (non-hydrogen) atoms. The van der Waals surface area contributed by atoms with Crippen molar-refractivity contribution in [3.05, 3.63) is 46.6 Å². The first-order chi connectivity index (χ1) is 9.97. The third-order valence-electron chi connectivity index (χ3n) is 2.48. The molecular weight excluding hydrogens is 334 g/mol. The van der Waals surface area contributed by atoms with Gasteiger partial charge in [-0.3, -0.25) is 4.79 Å². The molecule has 0 spiro atoms. The van der Waals surface area contributed by atoms with E-state index in [1.165, 1.54) is 0 Å². The molecule has 1 heterocycles. The minimum absolute atomic E-state index is 0.0247. The molecule has 1 amide bonds. The number of rotatable bonds is 6. The summed E-state index contributed by atoms with van der Waals surface area (Å²) in [4.78, 5) is 15.3. The van der Waals surface area contributed by atoms with Gasteiger partial charge in [-0.2, -0.15) is 0 Å². The van der Waals surface area contributed by atoms with Crippen molar-refractivity contribution in [3.63, 3.8) is 0 Å². The normalized spacial score (nSPS) is 11.3. The zero-order valence-electron chi connectivity index (χ0n) is 10.7. The van der Waals surface area contributed by atoms with Gasteiger partial charge >= 0.3 is 0 Å². The number of hydrogen-bond acceptors (Lipinski definition) is 5. The Balaban J connectivity index is 1.84. The van der Waals surface area contributed by atoms with Crippen LogP contribution >= 0.6 is 22.9 Å². The fourth-order valence-corrected chi connectivity index (χ4v) is 3.77.